The molecule has 0 bridgehead atoms. The highest BCUT2D eigenvalue weighted by Crippen LogP contribution is 2.44. The number of fused-ring (bicyclic) bond motifs is 1. The van der Waals surface area contributed by atoms with Gasteiger partial charge in [-0.25, -0.2) is 0 Å². The van der Waals surface area contributed by atoms with E-state index in [9.17, 15) is 14.7 Å². The van der Waals surface area contributed by atoms with E-state index < -0.39 is 11.5 Å². The van der Waals surface area contributed by atoms with Gasteiger partial charge in [-0.3, -0.25) is 9.59 Å². The fourth-order valence-corrected chi connectivity index (χ4v) is 4.28. The molecule has 0 saturated heterocycles. The molecule has 0 radical (unpaired) electrons. The third kappa shape index (κ3) is 4.08. The predicted molar refractivity (Wildman–Crippen MR) is 127 cm³/mol. The summed E-state index contributed by atoms with van der Waals surface area (Å²) < 4.78 is 0. The first-order valence-corrected chi connectivity index (χ1v) is 11.0. The Morgan fingerprint density at radius 2 is 1.66 bits per heavy atom. The van der Waals surface area contributed by atoms with Crippen LogP contribution in [0.15, 0.2) is 72.8 Å². The van der Waals surface area contributed by atoms with Crippen molar-refractivity contribution in [2.75, 3.05) is 4.90 Å². The van der Waals surface area contributed by atoms with E-state index in [1.54, 1.807) is 30.3 Å². The molecular weight excluding hydrogens is 422 g/mol. The van der Waals surface area contributed by atoms with E-state index in [1.807, 2.05) is 42.5 Å². The minimum Gasteiger partial charge on any atom is -0.375 e. The lowest BCUT2D eigenvalue weighted by Crippen LogP contribution is -2.41. The van der Waals surface area contributed by atoms with Gasteiger partial charge in [-0.15, -0.1) is 0 Å². The molecule has 0 aromatic heterocycles. The second-order valence-corrected chi connectivity index (χ2v) is 9.76. The van der Waals surface area contributed by atoms with Gasteiger partial charge in [-0.1, -0.05) is 87.0 Å². The summed E-state index contributed by atoms with van der Waals surface area (Å²) >= 11 is 6.19. The lowest BCUT2D eigenvalue weighted by atomic mass is 9.85. The lowest BCUT2D eigenvalue weighted by molar-refractivity contribution is -0.136. The number of ketones is 1. The molecule has 0 aliphatic carbocycles. The van der Waals surface area contributed by atoms with E-state index >= 15 is 0 Å². The molecule has 4 nitrogen and oxygen atoms in total. The van der Waals surface area contributed by atoms with E-state index in [1.165, 1.54) is 4.90 Å². The molecule has 0 saturated carbocycles. The van der Waals surface area contributed by atoms with Gasteiger partial charge in [0.2, 0.25) is 0 Å². The van der Waals surface area contributed by atoms with Crippen molar-refractivity contribution >= 4 is 29.0 Å². The first-order valence-electron chi connectivity index (χ1n) is 10.6. The molecule has 0 unspecified atom stereocenters. The number of anilines is 1. The highest BCUT2D eigenvalue weighted by molar-refractivity contribution is 6.31. The molecule has 0 fully saturated rings. The first kappa shape index (κ1) is 22.3. The van der Waals surface area contributed by atoms with Gasteiger partial charge in [-0.2, -0.15) is 0 Å². The summed E-state index contributed by atoms with van der Waals surface area (Å²) in [4.78, 5) is 28.1. The zero-order valence-corrected chi connectivity index (χ0v) is 19.2. The monoisotopic (exact) mass is 447 g/mol. The van der Waals surface area contributed by atoms with E-state index in [0.29, 0.717) is 28.4 Å². The molecule has 1 aliphatic rings. The van der Waals surface area contributed by atoms with Crippen molar-refractivity contribution in [2.45, 2.75) is 44.8 Å². The topological polar surface area (TPSA) is 57.6 Å². The minimum atomic E-state index is -1.96. The van der Waals surface area contributed by atoms with E-state index in [0.717, 1.165) is 11.1 Å². The van der Waals surface area contributed by atoms with Crippen molar-refractivity contribution in [3.63, 3.8) is 0 Å². The normalized spacial score (nSPS) is 18.0. The standard InChI is InChI=1S/C27H26ClNO3/c1-26(2,3)20-11-9-19(10-12-20)24(30)16-27(32)22-15-21(28)13-14-23(22)29(25(27)31)17-18-7-5-4-6-8-18/h4-15,32H,16-17H2,1-3H3/t27-/m1/s1. The largest absolute Gasteiger partial charge is 0.375 e. The Kier molecular flexibility index (Phi) is 5.70. The summed E-state index contributed by atoms with van der Waals surface area (Å²) in [5, 5.41) is 11.9. The molecule has 1 atom stereocenters. The van der Waals surface area contributed by atoms with Crippen molar-refractivity contribution < 1.29 is 14.7 Å². The van der Waals surface area contributed by atoms with Crippen molar-refractivity contribution in [3.05, 3.63) is 100 Å². The van der Waals surface area contributed by atoms with Crippen molar-refractivity contribution in [3.8, 4) is 0 Å². The van der Waals surface area contributed by atoms with E-state index in [-0.39, 0.29) is 17.6 Å². The highest BCUT2D eigenvalue weighted by Gasteiger charge is 2.51. The number of amides is 1. The molecule has 1 aliphatic heterocycles. The van der Waals surface area contributed by atoms with Crippen LogP contribution < -0.4 is 4.90 Å². The minimum absolute atomic E-state index is 0.0329. The summed E-state index contributed by atoms with van der Waals surface area (Å²) in [5.41, 5.74) is 1.44. The number of Topliss-reactive ketones (excluding diaryl/α,β-unsaturated/α-hetero) is 1. The van der Waals surface area contributed by atoms with Gasteiger partial charge < -0.3 is 10.0 Å². The van der Waals surface area contributed by atoms with Crippen LogP contribution in [0.2, 0.25) is 5.02 Å². The predicted octanol–water partition coefficient (Wildman–Crippen LogP) is 5.64. The number of nitrogens with zero attached hydrogens (tertiary/aromatic N) is 1. The Morgan fingerprint density at radius 1 is 1.00 bits per heavy atom. The lowest BCUT2D eigenvalue weighted by Gasteiger charge is -2.23. The number of aliphatic hydroxyl groups is 1. The quantitative estimate of drug-likeness (QED) is 0.514. The number of benzene rings is 3. The summed E-state index contributed by atoms with van der Waals surface area (Å²) in [5.74, 6) is -0.813. The number of carbonyl (C=O) groups excluding carboxylic acids is 2. The van der Waals surface area contributed by atoms with E-state index in [4.69, 9.17) is 11.6 Å². The van der Waals surface area contributed by atoms with Crippen molar-refractivity contribution in [1.29, 1.82) is 0 Å². The Bertz CT molecular complexity index is 1170. The molecule has 1 amide bonds. The number of carbonyl (C=O) groups is 2. The van der Waals surface area contributed by atoms with E-state index in [2.05, 4.69) is 20.8 Å². The molecule has 4 rings (SSSR count). The Morgan fingerprint density at radius 3 is 2.28 bits per heavy atom. The SMILES string of the molecule is CC(C)(C)c1ccc(C(=O)C[C@]2(O)C(=O)N(Cc3ccccc3)c3ccc(Cl)cc32)cc1. The number of hydrogen-bond donors (Lipinski definition) is 1. The molecular formula is C27H26ClNO3. The van der Waals surface area contributed by atoms with Crippen LogP contribution in [0.4, 0.5) is 5.69 Å². The van der Waals surface area contributed by atoms with Gasteiger partial charge in [-0.05, 0) is 34.7 Å². The third-order valence-corrected chi connectivity index (χ3v) is 6.20. The van der Waals surface area contributed by atoms with Crippen LogP contribution in [-0.2, 0) is 22.4 Å². The van der Waals surface area contributed by atoms with Gasteiger partial charge in [0, 0.05) is 16.1 Å². The van der Waals surface area contributed by atoms with Gasteiger partial charge in [0.05, 0.1) is 18.7 Å². The molecule has 164 valence electrons. The van der Waals surface area contributed by atoms with Gasteiger partial charge in [0.15, 0.2) is 11.4 Å². The molecule has 3 aromatic carbocycles. The van der Waals surface area contributed by atoms with Crippen LogP contribution in [-0.4, -0.2) is 16.8 Å². The summed E-state index contributed by atoms with van der Waals surface area (Å²) in [6.07, 6.45) is -0.348. The highest BCUT2D eigenvalue weighted by atomic mass is 35.5. The third-order valence-electron chi connectivity index (χ3n) is 5.97. The molecule has 0 spiro atoms. The molecule has 3 aromatic rings. The van der Waals surface area contributed by atoms with Gasteiger partial charge >= 0.3 is 0 Å². The fourth-order valence-electron chi connectivity index (χ4n) is 4.11. The molecule has 1 heterocycles. The maximum absolute atomic E-state index is 13.4. The summed E-state index contributed by atoms with van der Waals surface area (Å²) in [6, 6.07) is 21.9. The van der Waals surface area contributed by atoms with Crippen LogP contribution in [0.3, 0.4) is 0 Å². The number of rotatable bonds is 5. The second-order valence-electron chi connectivity index (χ2n) is 9.33. The van der Waals surface area contributed by atoms with Crippen LogP contribution in [0.1, 0.15) is 54.2 Å². The fraction of sp³-hybridized carbons (Fsp3) is 0.259. The van der Waals surface area contributed by atoms with Crippen LogP contribution in [0.5, 0.6) is 0 Å². The molecule has 5 heteroatoms. The van der Waals surface area contributed by atoms with Gasteiger partial charge in [0.25, 0.3) is 5.91 Å². The van der Waals surface area contributed by atoms with Crippen molar-refractivity contribution in [1.82, 2.24) is 0 Å². The Hall–Kier alpha value is -2.95. The maximum atomic E-state index is 13.4. The van der Waals surface area contributed by atoms with Crippen LogP contribution in [0, 0.1) is 0 Å². The average molecular weight is 448 g/mol. The summed E-state index contributed by atoms with van der Waals surface area (Å²) in [7, 11) is 0. The zero-order chi connectivity index (χ0) is 23.1. The van der Waals surface area contributed by atoms with Crippen molar-refractivity contribution in [2.24, 2.45) is 0 Å². The molecule has 32 heavy (non-hydrogen) atoms. The molecule has 1 N–H and O–H groups in total. The van der Waals surface area contributed by atoms with Crippen LogP contribution >= 0.6 is 11.6 Å². The smallest absolute Gasteiger partial charge is 0.264 e. The second kappa shape index (κ2) is 8.19. The first-order chi connectivity index (χ1) is 15.1. The maximum Gasteiger partial charge on any atom is 0.264 e. The van der Waals surface area contributed by atoms with Crippen LogP contribution in [0.25, 0.3) is 0 Å². The Balaban J connectivity index is 1.66. The Labute approximate surface area is 193 Å². The summed E-state index contributed by atoms with van der Waals surface area (Å²) in [6.45, 7) is 6.61. The number of halogens is 1. The number of hydrogen-bond acceptors (Lipinski definition) is 3. The van der Waals surface area contributed by atoms with Gasteiger partial charge in [0.1, 0.15) is 0 Å². The average Bonchev–Trinajstić information content (AvgIpc) is 2.95. The zero-order valence-electron chi connectivity index (χ0n) is 18.4.